The lowest BCUT2D eigenvalue weighted by Crippen LogP contribution is -2.39. The Hall–Kier alpha value is -0.330. The Kier molecular flexibility index (Phi) is 5.69. The molecule has 0 aliphatic carbocycles. The summed E-state index contributed by atoms with van der Waals surface area (Å²) >= 11 is 7.29. The van der Waals surface area contributed by atoms with E-state index in [-0.39, 0.29) is 12.8 Å². The van der Waals surface area contributed by atoms with Gasteiger partial charge in [-0.1, -0.05) is 0 Å². The molecule has 0 saturated carbocycles. The van der Waals surface area contributed by atoms with Crippen molar-refractivity contribution in [2.75, 3.05) is 19.6 Å². The highest BCUT2D eigenvalue weighted by Gasteiger charge is 2.40. The first kappa shape index (κ1) is 16.0. The molecule has 0 radical (unpaired) electrons. The van der Waals surface area contributed by atoms with Crippen molar-refractivity contribution in [1.82, 2.24) is 9.88 Å². The molecule has 0 aromatic carbocycles. The van der Waals surface area contributed by atoms with Gasteiger partial charge in [-0.25, -0.2) is 4.98 Å². The zero-order valence-corrected chi connectivity index (χ0v) is 12.7. The van der Waals surface area contributed by atoms with E-state index < -0.39 is 12.1 Å². The molecule has 20 heavy (non-hydrogen) atoms. The predicted octanol–water partition coefficient (Wildman–Crippen LogP) is 4.09. The fourth-order valence-corrected chi connectivity index (χ4v) is 3.53. The van der Waals surface area contributed by atoms with Crippen LogP contribution in [0.4, 0.5) is 13.2 Å². The summed E-state index contributed by atoms with van der Waals surface area (Å²) in [5, 5.41) is 3.02. The van der Waals surface area contributed by atoms with Gasteiger partial charge in [-0.3, -0.25) is 0 Å². The Balaban J connectivity index is 1.66. The van der Waals surface area contributed by atoms with Gasteiger partial charge in [-0.05, 0) is 38.9 Å². The minimum Gasteiger partial charge on any atom is -0.303 e. The predicted molar refractivity (Wildman–Crippen MR) is 75.2 cm³/mol. The summed E-state index contributed by atoms with van der Waals surface area (Å²) < 4.78 is 37.6. The molecule has 1 aromatic heterocycles. The van der Waals surface area contributed by atoms with Crippen LogP contribution >= 0.6 is 22.9 Å². The highest BCUT2D eigenvalue weighted by atomic mass is 35.5. The van der Waals surface area contributed by atoms with Crippen LogP contribution in [0, 0.1) is 5.92 Å². The number of aromatic nitrogens is 1. The second-order valence-corrected chi connectivity index (χ2v) is 6.34. The van der Waals surface area contributed by atoms with Gasteiger partial charge in [-0.2, -0.15) is 13.2 Å². The Labute approximate surface area is 125 Å². The van der Waals surface area contributed by atoms with Crippen LogP contribution in [0.5, 0.6) is 0 Å². The van der Waals surface area contributed by atoms with Crippen LogP contribution in [-0.4, -0.2) is 35.7 Å². The number of halogens is 4. The molecule has 0 bridgehead atoms. The van der Waals surface area contributed by atoms with Crippen molar-refractivity contribution in [2.24, 2.45) is 5.92 Å². The van der Waals surface area contributed by atoms with E-state index in [0.717, 1.165) is 30.1 Å². The molecule has 0 amide bonds. The van der Waals surface area contributed by atoms with E-state index in [4.69, 9.17) is 11.6 Å². The van der Waals surface area contributed by atoms with Crippen molar-refractivity contribution in [2.45, 2.75) is 37.7 Å². The quantitative estimate of drug-likeness (QED) is 0.758. The third kappa shape index (κ3) is 4.60. The van der Waals surface area contributed by atoms with Crippen LogP contribution < -0.4 is 0 Å². The Morgan fingerprint density at radius 1 is 1.35 bits per heavy atom. The molecule has 0 atom stereocenters. The third-order valence-corrected chi connectivity index (χ3v) is 4.88. The summed E-state index contributed by atoms with van der Waals surface area (Å²) in [6.07, 6.45) is -1.74. The van der Waals surface area contributed by atoms with Gasteiger partial charge in [0.25, 0.3) is 0 Å². The topological polar surface area (TPSA) is 16.1 Å². The van der Waals surface area contributed by atoms with Gasteiger partial charge < -0.3 is 4.90 Å². The van der Waals surface area contributed by atoms with Crippen LogP contribution in [-0.2, 0) is 12.3 Å². The van der Waals surface area contributed by atoms with E-state index in [9.17, 15) is 13.2 Å². The Bertz CT molecular complexity index is 414. The summed E-state index contributed by atoms with van der Waals surface area (Å²) in [5.41, 5.74) is 0.901. The number of nitrogens with zero attached hydrogens (tertiary/aromatic N) is 2. The standard InChI is InChI=1S/C13H18ClF3N2S/c14-8-11-9-20-12(18-11)2-1-5-19-6-3-10(4-7-19)13(15,16)17/h9-10H,1-8H2. The van der Waals surface area contributed by atoms with Crippen LogP contribution in [0.15, 0.2) is 5.38 Å². The van der Waals surface area contributed by atoms with Crippen molar-refractivity contribution in [3.8, 4) is 0 Å². The molecule has 1 fully saturated rings. The summed E-state index contributed by atoms with van der Waals surface area (Å²) in [5.74, 6) is -0.675. The van der Waals surface area contributed by atoms with E-state index in [1.54, 1.807) is 11.3 Å². The fraction of sp³-hybridized carbons (Fsp3) is 0.769. The summed E-state index contributed by atoms with van der Waals surface area (Å²) in [4.78, 5) is 6.50. The van der Waals surface area contributed by atoms with Crippen LogP contribution in [0.25, 0.3) is 0 Å². The number of rotatable bonds is 5. The maximum atomic E-state index is 12.5. The average molecular weight is 327 g/mol. The fourth-order valence-electron chi connectivity index (χ4n) is 2.46. The molecule has 114 valence electrons. The molecule has 7 heteroatoms. The van der Waals surface area contributed by atoms with Gasteiger partial charge in [0.05, 0.1) is 22.5 Å². The summed E-state index contributed by atoms with van der Waals surface area (Å²) in [6, 6.07) is 0. The lowest BCUT2D eigenvalue weighted by molar-refractivity contribution is -0.185. The molecule has 0 N–H and O–H groups in total. The van der Waals surface area contributed by atoms with E-state index in [1.165, 1.54) is 0 Å². The molecule has 2 heterocycles. The molecule has 0 spiro atoms. The van der Waals surface area contributed by atoms with Crippen molar-refractivity contribution >= 4 is 22.9 Å². The van der Waals surface area contributed by atoms with Crippen LogP contribution in [0.2, 0.25) is 0 Å². The van der Waals surface area contributed by atoms with Gasteiger partial charge in [-0.15, -0.1) is 22.9 Å². The first-order valence-electron chi connectivity index (χ1n) is 6.77. The van der Waals surface area contributed by atoms with E-state index in [2.05, 4.69) is 9.88 Å². The number of alkyl halides is 4. The zero-order chi connectivity index (χ0) is 14.6. The summed E-state index contributed by atoms with van der Waals surface area (Å²) in [7, 11) is 0. The van der Waals surface area contributed by atoms with E-state index >= 15 is 0 Å². The molecular weight excluding hydrogens is 309 g/mol. The number of hydrogen-bond donors (Lipinski definition) is 0. The van der Waals surface area contributed by atoms with Gasteiger partial charge in [0.15, 0.2) is 0 Å². The SMILES string of the molecule is FC(F)(F)C1CCN(CCCc2nc(CCl)cs2)CC1. The molecule has 1 aromatic rings. The Morgan fingerprint density at radius 3 is 2.60 bits per heavy atom. The number of piperidine rings is 1. The smallest absolute Gasteiger partial charge is 0.303 e. The molecule has 2 rings (SSSR count). The van der Waals surface area contributed by atoms with Crippen LogP contribution in [0.1, 0.15) is 30.0 Å². The van der Waals surface area contributed by atoms with E-state index in [1.807, 2.05) is 5.38 Å². The molecular formula is C13H18ClF3N2S. The molecule has 1 aliphatic rings. The monoisotopic (exact) mass is 326 g/mol. The normalized spacial score (nSPS) is 18.6. The molecule has 1 aliphatic heterocycles. The minimum absolute atomic E-state index is 0.233. The molecule has 0 unspecified atom stereocenters. The second kappa shape index (κ2) is 7.09. The zero-order valence-electron chi connectivity index (χ0n) is 11.1. The highest BCUT2D eigenvalue weighted by molar-refractivity contribution is 7.09. The largest absolute Gasteiger partial charge is 0.391 e. The number of thiazole rings is 1. The highest BCUT2D eigenvalue weighted by Crippen LogP contribution is 2.34. The maximum absolute atomic E-state index is 12.5. The first-order chi connectivity index (χ1) is 9.49. The van der Waals surface area contributed by atoms with Gasteiger partial charge in [0, 0.05) is 11.8 Å². The van der Waals surface area contributed by atoms with Gasteiger partial charge >= 0.3 is 6.18 Å². The second-order valence-electron chi connectivity index (χ2n) is 5.13. The van der Waals surface area contributed by atoms with Gasteiger partial charge in [0.1, 0.15) is 0 Å². The first-order valence-corrected chi connectivity index (χ1v) is 8.19. The third-order valence-electron chi connectivity index (χ3n) is 3.65. The lowest BCUT2D eigenvalue weighted by Gasteiger charge is -2.32. The number of hydrogen-bond acceptors (Lipinski definition) is 3. The molecule has 1 saturated heterocycles. The van der Waals surface area contributed by atoms with Crippen molar-refractivity contribution < 1.29 is 13.2 Å². The van der Waals surface area contributed by atoms with E-state index in [0.29, 0.717) is 19.0 Å². The van der Waals surface area contributed by atoms with Crippen LogP contribution in [0.3, 0.4) is 0 Å². The maximum Gasteiger partial charge on any atom is 0.391 e. The number of aryl methyl sites for hydroxylation is 1. The van der Waals surface area contributed by atoms with Crippen molar-refractivity contribution in [1.29, 1.82) is 0 Å². The number of likely N-dealkylation sites (tertiary alicyclic amines) is 1. The Morgan fingerprint density at radius 2 is 2.05 bits per heavy atom. The van der Waals surface area contributed by atoms with Crippen molar-refractivity contribution in [3.05, 3.63) is 16.1 Å². The summed E-state index contributed by atoms with van der Waals surface area (Å²) in [6.45, 7) is 1.95. The van der Waals surface area contributed by atoms with Gasteiger partial charge in [0.2, 0.25) is 0 Å². The lowest BCUT2D eigenvalue weighted by atomic mass is 9.96. The van der Waals surface area contributed by atoms with Crippen molar-refractivity contribution in [3.63, 3.8) is 0 Å². The average Bonchev–Trinajstić information content (AvgIpc) is 2.86. The molecule has 2 nitrogen and oxygen atoms in total. The minimum atomic E-state index is -4.02.